The molecule has 0 radical (unpaired) electrons. The second-order valence-electron chi connectivity index (χ2n) is 5.16. The standard InChI is InChI=1S/C18H17N3/c1-13-4-2-6-15(10-13)18-20-9-8-17(21-18)12-14-5-3-7-16(19)11-14/h2-11H,12,19H2,1H3. The molecule has 21 heavy (non-hydrogen) atoms. The predicted octanol–water partition coefficient (Wildman–Crippen LogP) is 3.63. The molecule has 0 saturated carbocycles. The van der Waals surface area contributed by atoms with Gasteiger partial charge in [-0.25, -0.2) is 9.97 Å². The van der Waals surface area contributed by atoms with Crippen LogP contribution >= 0.6 is 0 Å². The Bertz CT molecular complexity index is 766. The quantitative estimate of drug-likeness (QED) is 0.743. The molecule has 104 valence electrons. The summed E-state index contributed by atoms with van der Waals surface area (Å²) in [7, 11) is 0. The van der Waals surface area contributed by atoms with Gasteiger partial charge in [0.2, 0.25) is 0 Å². The third-order valence-electron chi connectivity index (χ3n) is 3.33. The largest absolute Gasteiger partial charge is 0.399 e. The van der Waals surface area contributed by atoms with Gasteiger partial charge in [-0.1, -0.05) is 35.9 Å². The van der Waals surface area contributed by atoms with E-state index in [2.05, 4.69) is 35.1 Å². The molecule has 3 heteroatoms. The Balaban J connectivity index is 1.90. The number of aryl methyl sites for hydroxylation is 1. The van der Waals surface area contributed by atoms with Crippen LogP contribution in [0.15, 0.2) is 60.8 Å². The molecule has 2 N–H and O–H groups in total. The van der Waals surface area contributed by atoms with Crippen LogP contribution in [0.25, 0.3) is 11.4 Å². The van der Waals surface area contributed by atoms with Crippen molar-refractivity contribution < 1.29 is 0 Å². The molecule has 3 nitrogen and oxygen atoms in total. The number of hydrogen-bond acceptors (Lipinski definition) is 3. The lowest BCUT2D eigenvalue weighted by Crippen LogP contribution is -1.97. The first-order valence-electron chi connectivity index (χ1n) is 6.94. The number of nitrogens with two attached hydrogens (primary N) is 1. The maximum absolute atomic E-state index is 5.82. The summed E-state index contributed by atoms with van der Waals surface area (Å²) in [6.45, 7) is 2.07. The fourth-order valence-electron chi connectivity index (χ4n) is 2.33. The molecule has 0 atom stereocenters. The molecular weight excluding hydrogens is 258 g/mol. The second-order valence-corrected chi connectivity index (χ2v) is 5.16. The van der Waals surface area contributed by atoms with Crippen molar-refractivity contribution in [2.24, 2.45) is 0 Å². The summed E-state index contributed by atoms with van der Waals surface area (Å²) in [4.78, 5) is 9.03. The molecule has 3 aromatic rings. The molecule has 1 aromatic heterocycles. The van der Waals surface area contributed by atoms with E-state index in [1.807, 2.05) is 42.6 Å². The third-order valence-corrected chi connectivity index (χ3v) is 3.33. The van der Waals surface area contributed by atoms with Crippen LogP contribution in [0.3, 0.4) is 0 Å². The Hall–Kier alpha value is -2.68. The molecule has 0 fully saturated rings. The number of anilines is 1. The first-order chi connectivity index (χ1) is 10.2. The minimum atomic E-state index is 0.756. The smallest absolute Gasteiger partial charge is 0.159 e. The molecule has 3 rings (SSSR count). The SMILES string of the molecule is Cc1cccc(-c2nccc(Cc3cccc(N)c3)n2)c1. The molecule has 0 aliphatic heterocycles. The summed E-state index contributed by atoms with van der Waals surface area (Å²) in [5.74, 6) is 0.764. The van der Waals surface area contributed by atoms with Gasteiger partial charge in [0.25, 0.3) is 0 Å². The number of rotatable bonds is 3. The maximum atomic E-state index is 5.82. The molecule has 2 aromatic carbocycles. The molecule has 0 bridgehead atoms. The Labute approximate surface area is 124 Å². The number of benzene rings is 2. The van der Waals surface area contributed by atoms with Crippen molar-refractivity contribution in [1.82, 2.24) is 9.97 Å². The average molecular weight is 275 g/mol. The van der Waals surface area contributed by atoms with E-state index in [1.54, 1.807) is 0 Å². The predicted molar refractivity (Wildman–Crippen MR) is 85.9 cm³/mol. The lowest BCUT2D eigenvalue weighted by molar-refractivity contribution is 1.03. The van der Waals surface area contributed by atoms with E-state index in [0.29, 0.717) is 0 Å². The minimum Gasteiger partial charge on any atom is -0.399 e. The molecule has 0 spiro atoms. The summed E-state index contributed by atoms with van der Waals surface area (Å²) in [5.41, 5.74) is 11.0. The third kappa shape index (κ3) is 3.26. The lowest BCUT2D eigenvalue weighted by Gasteiger charge is -2.05. The summed E-state index contributed by atoms with van der Waals surface area (Å²) in [5, 5.41) is 0. The number of nitrogen functional groups attached to an aromatic ring is 1. The van der Waals surface area contributed by atoms with Crippen LogP contribution in [-0.4, -0.2) is 9.97 Å². The van der Waals surface area contributed by atoms with E-state index >= 15 is 0 Å². The molecule has 0 amide bonds. The molecule has 0 saturated heterocycles. The van der Waals surface area contributed by atoms with Gasteiger partial charge in [0.05, 0.1) is 0 Å². The van der Waals surface area contributed by atoms with Gasteiger partial charge in [0.1, 0.15) is 0 Å². The zero-order valence-corrected chi connectivity index (χ0v) is 12.0. The van der Waals surface area contributed by atoms with Gasteiger partial charge in [0.15, 0.2) is 5.82 Å². The highest BCUT2D eigenvalue weighted by atomic mass is 14.9. The van der Waals surface area contributed by atoms with Crippen LogP contribution in [0.4, 0.5) is 5.69 Å². The van der Waals surface area contributed by atoms with Crippen molar-refractivity contribution in [3.63, 3.8) is 0 Å². The maximum Gasteiger partial charge on any atom is 0.159 e. The zero-order chi connectivity index (χ0) is 14.7. The van der Waals surface area contributed by atoms with E-state index in [4.69, 9.17) is 5.73 Å². The molecular formula is C18H17N3. The van der Waals surface area contributed by atoms with E-state index in [-0.39, 0.29) is 0 Å². The van der Waals surface area contributed by atoms with Crippen molar-refractivity contribution in [3.8, 4) is 11.4 Å². The van der Waals surface area contributed by atoms with Crippen molar-refractivity contribution in [1.29, 1.82) is 0 Å². The van der Waals surface area contributed by atoms with Crippen LogP contribution in [0.5, 0.6) is 0 Å². The Morgan fingerprint density at radius 3 is 2.67 bits per heavy atom. The average Bonchev–Trinajstić information content (AvgIpc) is 2.47. The first-order valence-corrected chi connectivity index (χ1v) is 6.94. The Morgan fingerprint density at radius 1 is 1.00 bits per heavy atom. The lowest BCUT2D eigenvalue weighted by atomic mass is 10.1. The first kappa shape index (κ1) is 13.3. The summed E-state index contributed by atoms with van der Waals surface area (Å²) < 4.78 is 0. The van der Waals surface area contributed by atoms with Gasteiger partial charge >= 0.3 is 0 Å². The Morgan fingerprint density at radius 2 is 1.86 bits per heavy atom. The highest BCUT2D eigenvalue weighted by Gasteiger charge is 2.04. The van der Waals surface area contributed by atoms with Gasteiger partial charge < -0.3 is 5.73 Å². The summed E-state index contributed by atoms with van der Waals surface area (Å²) in [6.07, 6.45) is 2.57. The highest BCUT2D eigenvalue weighted by molar-refractivity contribution is 5.56. The van der Waals surface area contributed by atoms with Crippen molar-refractivity contribution >= 4 is 5.69 Å². The number of nitrogens with zero attached hydrogens (tertiary/aromatic N) is 2. The fraction of sp³-hybridized carbons (Fsp3) is 0.111. The Kier molecular flexibility index (Phi) is 3.65. The van der Waals surface area contributed by atoms with Crippen molar-refractivity contribution in [3.05, 3.63) is 77.6 Å². The van der Waals surface area contributed by atoms with Crippen LogP contribution in [0, 0.1) is 6.92 Å². The van der Waals surface area contributed by atoms with Crippen LogP contribution in [0.1, 0.15) is 16.8 Å². The highest BCUT2D eigenvalue weighted by Crippen LogP contribution is 2.17. The molecule has 0 aliphatic carbocycles. The topological polar surface area (TPSA) is 51.8 Å². The van der Waals surface area contributed by atoms with Crippen LogP contribution in [0.2, 0.25) is 0 Å². The fourth-order valence-corrected chi connectivity index (χ4v) is 2.33. The van der Waals surface area contributed by atoms with E-state index in [1.165, 1.54) is 5.56 Å². The summed E-state index contributed by atoms with van der Waals surface area (Å²) >= 11 is 0. The normalized spacial score (nSPS) is 10.5. The van der Waals surface area contributed by atoms with Gasteiger partial charge in [-0.2, -0.15) is 0 Å². The molecule has 0 unspecified atom stereocenters. The van der Waals surface area contributed by atoms with E-state index in [9.17, 15) is 0 Å². The minimum absolute atomic E-state index is 0.756. The molecule has 0 aliphatic rings. The van der Waals surface area contributed by atoms with Gasteiger partial charge in [-0.05, 0) is 36.8 Å². The van der Waals surface area contributed by atoms with Gasteiger partial charge in [0, 0.05) is 29.6 Å². The van der Waals surface area contributed by atoms with Crippen LogP contribution < -0.4 is 5.73 Å². The second kappa shape index (κ2) is 5.75. The van der Waals surface area contributed by atoms with Crippen molar-refractivity contribution in [2.75, 3.05) is 5.73 Å². The molecule has 1 heterocycles. The number of hydrogen-bond donors (Lipinski definition) is 1. The van der Waals surface area contributed by atoms with E-state index in [0.717, 1.165) is 34.8 Å². The monoisotopic (exact) mass is 275 g/mol. The van der Waals surface area contributed by atoms with E-state index < -0.39 is 0 Å². The van der Waals surface area contributed by atoms with Crippen LogP contribution in [-0.2, 0) is 6.42 Å². The van der Waals surface area contributed by atoms with Crippen molar-refractivity contribution in [2.45, 2.75) is 13.3 Å². The van der Waals surface area contributed by atoms with Gasteiger partial charge in [-0.15, -0.1) is 0 Å². The summed E-state index contributed by atoms with van der Waals surface area (Å²) in [6, 6.07) is 18.1. The number of aromatic nitrogens is 2. The van der Waals surface area contributed by atoms with Gasteiger partial charge in [-0.3, -0.25) is 0 Å². The zero-order valence-electron chi connectivity index (χ0n) is 12.0.